The first-order valence-corrected chi connectivity index (χ1v) is 6.14. The first-order chi connectivity index (χ1) is 8.01. The van der Waals surface area contributed by atoms with E-state index in [4.69, 9.17) is 5.11 Å². The summed E-state index contributed by atoms with van der Waals surface area (Å²) in [4.78, 5) is 23.4. The Morgan fingerprint density at radius 3 is 2.41 bits per heavy atom. The van der Waals surface area contributed by atoms with Crippen LogP contribution in [0.3, 0.4) is 0 Å². The lowest BCUT2D eigenvalue weighted by Gasteiger charge is -2.20. The highest BCUT2D eigenvalue weighted by Crippen LogP contribution is 2.10. The predicted molar refractivity (Wildman–Crippen MR) is 63.5 cm³/mol. The first-order valence-electron chi connectivity index (χ1n) is 6.14. The third kappa shape index (κ3) is 7.71. The van der Waals surface area contributed by atoms with E-state index in [0.29, 0.717) is 19.4 Å². The van der Waals surface area contributed by atoms with Crippen LogP contribution in [0.5, 0.6) is 0 Å². The zero-order valence-corrected chi connectivity index (χ0v) is 10.6. The van der Waals surface area contributed by atoms with Crippen molar-refractivity contribution in [3.05, 3.63) is 0 Å². The standard InChI is InChI=1S/C12H22FNO3/c1-3-5-6-10(13)8-11(15)14(7-4-2)9-12(16)17/h10H,3-9H2,1-2H3,(H,16,17). The first kappa shape index (κ1) is 15.9. The van der Waals surface area contributed by atoms with E-state index in [0.717, 1.165) is 12.8 Å². The minimum absolute atomic E-state index is 0.201. The Hall–Kier alpha value is -1.13. The highest BCUT2D eigenvalue weighted by molar-refractivity contribution is 5.81. The van der Waals surface area contributed by atoms with Crippen LogP contribution in [0.2, 0.25) is 0 Å². The van der Waals surface area contributed by atoms with E-state index in [1.54, 1.807) is 0 Å². The molecule has 0 aromatic carbocycles. The summed E-state index contributed by atoms with van der Waals surface area (Å²) in [6, 6.07) is 0. The molecule has 0 bridgehead atoms. The van der Waals surface area contributed by atoms with Gasteiger partial charge in [0.2, 0.25) is 5.91 Å². The van der Waals surface area contributed by atoms with Crippen molar-refractivity contribution in [3.8, 4) is 0 Å². The molecule has 0 aromatic rings. The van der Waals surface area contributed by atoms with Crippen LogP contribution in [-0.4, -0.2) is 41.1 Å². The highest BCUT2D eigenvalue weighted by atomic mass is 19.1. The molecule has 0 radical (unpaired) electrons. The van der Waals surface area contributed by atoms with E-state index in [9.17, 15) is 14.0 Å². The summed E-state index contributed by atoms with van der Waals surface area (Å²) in [7, 11) is 0. The molecule has 0 heterocycles. The van der Waals surface area contributed by atoms with Gasteiger partial charge >= 0.3 is 5.97 Å². The minimum atomic E-state index is -1.16. The van der Waals surface area contributed by atoms with Crippen LogP contribution in [0.25, 0.3) is 0 Å². The van der Waals surface area contributed by atoms with Gasteiger partial charge in [0.25, 0.3) is 0 Å². The summed E-state index contributed by atoms with van der Waals surface area (Å²) in [6.45, 7) is 3.84. The summed E-state index contributed by atoms with van der Waals surface area (Å²) in [5.41, 5.74) is 0. The molecule has 0 rings (SSSR count). The second-order valence-corrected chi connectivity index (χ2v) is 4.15. The number of aliphatic carboxylic acids is 1. The van der Waals surface area contributed by atoms with Gasteiger partial charge in [0.15, 0.2) is 0 Å². The zero-order chi connectivity index (χ0) is 13.3. The molecule has 0 aliphatic heterocycles. The topological polar surface area (TPSA) is 57.6 Å². The number of alkyl halides is 1. The van der Waals surface area contributed by atoms with Gasteiger partial charge in [0.05, 0.1) is 6.42 Å². The quantitative estimate of drug-likeness (QED) is 0.679. The number of unbranched alkanes of at least 4 members (excludes halogenated alkanes) is 1. The third-order valence-electron chi connectivity index (χ3n) is 2.44. The molecule has 17 heavy (non-hydrogen) atoms. The Morgan fingerprint density at radius 1 is 1.29 bits per heavy atom. The van der Waals surface area contributed by atoms with E-state index >= 15 is 0 Å². The number of nitrogens with zero attached hydrogens (tertiary/aromatic N) is 1. The van der Waals surface area contributed by atoms with Crippen molar-refractivity contribution >= 4 is 11.9 Å². The molecule has 0 aliphatic rings. The van der Waals surface area contributed by atoms with Crippen LogP contribution in [-0.2, 0) is 9.59 Å². The van der Waals surface area contributed by atoms with Gasteiger partial charge in [-0.15, -0.1) is 0 Å². The van der Waals surface area contributed by atoms with Gasteiger partial charge < -0.3 is 10.0 Å². The molecule has 0 spiro atoms. The maximum absolute atomic E-state index is 13.4. The largest absolute Gasteiger partial charge is 0.480 e. The van der Waals surface area contributed by atoms with Crippen molar-refractivity contribution < 1.29 is 19.1 Å². The van der Waals surface area contributed by atoms with E-state index in [1.807, 2.05) is 13.8 Å². The molecule has 4 nitrogen and oxygen atoms in total. The van der Waals surface area contributed by atoms with Gasteiger partial charge in [-0.25, -0.2) is 4.39 Å². The fourth-order valence-electron chi connectivity index (χ4n) is 1.57. The molecular formula is C12H22FNO3. The fourth-order valence-corrected chi connectivity index (χ4v) is 1.57. The second kappa shape index (κ2) is 8.96. The number of hydrogen-bond donors (Lipinski definition) is 1. The lowest BCUT2D eigenvalue weighted by molar-refractivity contribution is -0.145. The summed E-state index contributed by atoms with van der Waals surface area (Å²) in [6.07, 6.45) is 1.33. The number of carboxylic acids is 1. The predicted octanol–water partition coefficient (Wildman–Crippen LogP) is 2.23. The highest BCUT2D eigenvalue weighted by Gasteiger charge is 2.19. The van der Waals surface area contributed by atoms with Crippen molar-refractivity contribution in [1.82, 2.24) is 4.90 Å². The maximum Gasteiger partial charge on any atom is 0.323 e. The Balaban J connectivity index is 4.16. The smallest absolute Gasteiger partial charge is 0.323 e. The Kier molecular flexibility index (Phi) is 8.36. The zero-order valence-electron chi connectivity index (χ0n) is 10.6. The number of halogens is 1. The maximum atomic E-state index is 13.4. The van der Waals surface area contributed by atoms with E-state index < -0.39 is 18.0 Å². The van der Waals surface area contributed by atoms with Crippen molar-refractivity contribution in [3.63, 3.8) is 0 Å². The molecule has 1 amide bonds. The fraction of sp³-hybridized carbons (Fsp3) is 0.833. The summed E-state index contributed by atoms with van der Waals surface area (Å²) < 4.78 is 13.4. The Bertz CT molecular complexity index is 246. The lowest BCUT2D eigenvalue weighted by Crippen LogP contribution is -2.37. The van der Waals surface area contributed by atoms with Gasteiger partial charge in [-0.3, -0.25) is 9.59 Å². The van der Waals surface area contributed by atoms with Crippen molar-refractivity contribution in [1.29, 1.82) is 0 Å². The number of amides is 1. The van der Waals surface area contributed by atoms with Crippen LogP contribution >= 0.6 is 0 Å². The summed E-state index contributed by atoms with van der Waals surface area (Å²) in [5.74, 6) is -1.46. The number of rotatable bonds is 9. The van der Waals surface area contributed by atoms with Crippen LogP contribution < -0.4 is 0 Å². The molecule has 100 valence electrons. The van der Waals surface area contributed by atoms with Crippen molar-refractivity contribution in [2.75, 3.05) is 13.1 Å². The number of carbonyl (C=O) groups excluding carboxylic acids is 1. The van der Waals surface area contributed by atoms with Gasteiger partial charge in [0.1, 0.15) is 12.7 Å². The Morgan fingerprint density at radius 2 is 1.94 bits per heavy atom. The molecule has 0 aliphatic carbocycles. The van der Waals surface area contributed by atoms with Crippen LogP contribution in [0, 0.1) is 0 Å². The number of carbonyl (C=O) groups is 2. The van der Waals surface area contributed by atoms with E-state index in [-0.39, 0.29) is 13.0 Å². The Labute approximate surface area is 102 Å². The summed E-state index contributed by atoms with van der Waals surface area (Å²) in [5, 5.41) is 8.65. The number of carboxylic acid groups (broad SMARTS) is 1. The molecule has 0 aromatic heterocycles. The van der Waals surface area contributed by atoms with E-state index in [1.165, 1.54) is 4.90 Å². The SMILES string of the molecule is CCCCC(F)CC(=O)N(CCC)CC(=O)O. The minimum Gasteiger partial charge on any atom is -0.480 e. The average Bonchev–Trinajstić information content (AvgIpc) is 2.25. The molecule has 1 unspecified atom stereocenters. The molecule has 0 saturated heterocycles. The van der Waals surface area contributed by atoms with Crippen LogP contribution in [0.1, 0.15) is 46.0 Å². The van der Waals surface area contributed by atoms with Crippen molar-refractivity contribution in [2.45, 2.75) is 52.1 Å². The van der Waals surface area contributed by atoms with Crippen molar-refractivity contribution in [2.24, 2.45) is 0 Å². The second-order valence-electron chi connectivity index (χ2n) is 4.15. The van der Waals surface area contributed by atoms with Gasteiger partial charge in [-0.2, -0.15) is 0 Å². The molecule has 0 fully saturated rings. The molecule has 1 atom stereocenters. The number of hydrogen-bond acceptors (Lipinski definition) is 2. The molecule has 1 N–H and O–H groups in total. The van der Waals surface area contributed by atoms with Gasteiger partial charge in [0, 0.05) is 6.54 Å². The third-order valence-corrected chi connectivity index (χ3v) is 2.44. The van der Waals surface area contributed by atoms with Gasteiger partial charge in [-0.05, 0) is 12.8 Å². The van der Waals surface area contributed by atoms with E-state index in [2.05, 4.69) is 0 Å². The molecule has 5 heteroatoms. The van der Waals surface area contributed by atoms with Crippen LogP contribution in [0.15, 0.2) is 0 Å². The molecule has 0 saturated carbocycles. The molecular weight excluding hydrogens is 225 g/mol. The van der Waals surface area contributed by atoms with Gasteiger partial charge in [-0.1, -0.05) is 26.7 Å². The van der Waals surface area contributed by atoms with Crippen LogP contribution in [0.4, 0.5) is 4.39 Å². The normalized spacial score (nSPS) is 12.2. The lowest BCUT2D eigenvalue weighted by atomic mass is 10.1. The monoisotopic (exact) mass is 247 g/mol. The average molecular weight is 247 g/mol. The summed E-state index contributed by atoms with van der Waals surface area (Å²) >= 11 is 0.